The molecule has 5 heteroatoms. The van der Waals surface area contributed by atoms with Crippen molar-refractivity contribution in [2.75, 3.05) is 0 Å². The summed E-state index contributed by atoms with van der Waals surface area (Å²) in [5.74, 6) is 0.776. The van der Waals surface area contributed by atoms with Gasteiger partial charge in [0.25, 0.3) is 0 Å². The molecule has 1 aromatic heterocycles. The zero-order valence-electron chi connectivity index (χ0n) is 10.3. The van der Waals surface area contributed by atoms with Crippen molar-refractivity contribution in [1.82, 2.24) is 4.98 Å². The van der Waals surface area contributed by atoms with Gasteiger partial charge in [-0.3, -0.25) is 0 Å². The van der Waals surface area contributed by atoms with E-state index in [-0.39, 0.29) is 6.29 Å². The average molecular weight is 286 g/mol. The molecule has 0 aliphatic carbocycles. The van der Waals surface area contributed by atoms with E-state index >= 15 is 0 Å². The van der Waals surface area contributed by atoms with Gasteiger partial charge in [0.05, 0.1) is 16.2 Å². The normalized spacial score (nSPS) is 21.7. The lowest BCUT2D eigenvalue weighted by Gasteiger charge is -2.34. The Bertz CT molecular complexity index is 633. The van der Waals surface area contributed by atoms with E-state index in [0.29, 0.717) is 10.0 Å². The second kappa shape index (κ2) is 3.80. The van der Waals surface area contributed by atoms with E-state index < -0.39 is 5.60 Å². The molecule has 0 spiro atoms. The van der Waals surface area contributed by atoms with Crippen molar-refractivity contribution in [3.63, 3.8) is 0 Å². The molecule has 0 bridgehead atoms. The van der Waals surface area contributed by atoms with Crippen LogP contribution in [0.15, 0.2) is 12.1 Å². The van der Waals surface area contributed by atoms with Gasteiger partial charge in [-0.1, -0.05) is 23.2 Å². The maximum atomic E-state index is 6.20. The summed E-state index contributed by atoms with van der Waals surface area (Å²) in [7, 11) is 0. The minimum absolute atomic E-state index is 0.302. The molecule has 1 aliphatic rings. The fourth-order valence-electron chi connectivity index (χ4n) is 2.41. The molecule has 18 heavy (non-hydrogen) atoms. The van der Waals surface area contributed by atoms with E-state index in [1.54, 1.807) is 6.07 Å². The third-order valence-electron chi connectivity index (χ3n) is 3.12. The number of nitrogens with one attached hydrogen (secondary N) is 1. The summed E-state index contributed by atoms with van der Waals surface area (Å²) in [4.78, 5) is 3.28. The Morgan fingerprint density at radius 1 is 1.28 bits per heavy atom. The highest BCUT2D eigenvalue weighted by molar-refractivity contribution is 6.38. The first-order valence-corrected chi connectivity index (χ1v) is 6.50. The Kier molecular flexibility index (Phi) is 2.56. The molecule has 1 N–H and O–H groups in total. The number of hydrogen-bond donors (Lipinski definition) is 1. The molecule has 3 nitrogen and oxygen atoms in total. The Balaban J connectivity index is 2.36. The zero-order chi connectivity index (χ0) is 13.1. The van der Waals surface area contributed by atoms with Crippen molar-refractivity contribution in [1.29, 1.82) is 0 Å². The molecule has 0 amide bonds. The van der Waals surface area contributed by atoms with E-state index in [9.17, 15) is 0 Å². The van der Waals surface area contributed by atoms with Crippen molar-refractivity contribution >= 4 is 34.1 Å². The first-order chi connectivity index (χ1) is 8.38. The first kappa shape index (κ1) is 12.2. The predicted molar refractivity (Wildman–Crippen MR) is 72.5 cm³/mol. The molecule has 1 aliphatic heterocycles. The molecule has 1 aromatic carbocycles. The molecule has 2 aromatic rings. The van der Waals surface area contributed by atoms with Crippen LogP contribution in [-0.2, 0) is 10.3 Å². The van der Waals surface area contributed by atoms with Gasteiger partial charge in [0, 0.05) is 10.4 Å². The van der Waals surface area contributed by atoms with Crippen LogP contribution in [0.3, 0.4) is 0 Å². The van der Waals surface area contributed by atoms with E-state index in [1.807, 2.05) is 26.8 Å². The van der Waals surface area contributed by atoms with Crippen molar-refractivity contribution < 1.29 is 9.47 Å². The van der Waals surface area contributed by atoms with Gasteiger partial charge in [0.2, 0.25) is 0 Å². The third kappa shape index (κ3) is 1.69. The molecule has 3 rings (SSSR count). The fraction of sp³-hybridized carbons (Fsp3) is 0.385. The summed E-state index contributed by atoms with van der Waals surface area (Å²) in [6.07, 6.45) is -0.302. The van der Waals surface area contributed by atoms with Gasteiger partial charge in [0.1, 0.15) is 5.60 Å². The summed E-state index contributed by atoms with van der Waals surface area (Å²) in [6.45, 7) is 5.86. The number of benzene rings is 1. The van der Waals surface area contributed by atoms with Crippen LogP contribution in [-0.4, -0.2) is 11.3 Å². The second-order valence-corrected chi connectivity index (χ2v) is 5.80. The van der Waals surface area contributed by atoms with E-state index in [1.165, 1.54) is 0 Å². The number of aromatic amines is 1. The monoisotopic (exact) mass is 285 g/mol. The lowest BCUT2D eigenvalue weighted by atomic mass is 10.0. The minimum Gasteiger partial charge on any atom is -0.463 e. The molecular formula is C13H13Cl2NO2. The number of ether oxygens (including phenoxy) is 2. The van der Waals surface area contributed by atoms with Crippen LogP contribution in [0.2, 0.25) is 10.0 Å². The van der Waals surface area contributed by atoms with E-state index in [4.69, 9.17) is 32.7 Å². The third-order valence-corrected chi connectivity index (χ3v) is 3.64. The van der Waals surface area contributed by atoms with Gasteiger partial charge in [-0.2, -0.15) is 0 Å². The molecule has 0 saturated carbocycles. The summed E-state index contributed by atoms with van der Waals surface area (Å²) in [6, 6.07) is 3.57. The highest BCUT2D eigenvalue weighted by Crippen LogP contribution is 2.45. The molecule has 0 fully saturated rings. The molecule has 1 atom stereocenters. The van der Waals surface area contributed by atoms with Crippen molar-refractivity contribution in [3.05, 3.63) is 27.9 Å². The number of aromatic nitrogens is 1. The molecule has 2 heterocycles. The highest BCUT2D eigenvalue weighted by atomic mass is 35.5. The minimum atomic E-state index is -0.443. The maximum Gasteiger partial charge on any atom is 0.198 e. The largest absolute Gasteiger partial charge is 0.463 e. The van der Waals surface area contributed by atoms with Gasteiger partial charge >= 0.3 is 0 Å². The molecule has 1 unspecified atom stereocenters. The molecule has 0 radical (unpaired) electrons. The maximum absolute atomic E-state index is 6.20. The highest BCUT2D eigenvalue weighted by Gasteiger charge is 2.36. The van der Waals surface area contributed by atoms with Crippen LogP contribution in [0.5, 0.6) is 5.75 Å². The molecule has 0 saturated heterocycles. The van der Waals surface area contributed by atoms with Crippen molar-refractivity contribution in [3.8, 4) is 5.75 Å². The van der Waals surface area contributed by atoms with Crippen molar-refractivity contribution in [2.24, 2.45) is 0 Å². The fourth-order valence-corrected chi connectivity index (χ4v) is 2.95. The van der Waals surface area contributed by atoms with Crippen molar-refractivity contribution in [2.45, 2.75) is 32.7 Å². The number of fused-ring (bicyclic) bond motifs is 3. The first-order valence-electron chi connectivity index (χ1n) is 5.74. The van der Waals surface area contributed by atoms with Gasteiger partial charge in [0.15, 0.2) is 12.0 Å². The zero-order valence-corrected chi connectivity index (χ0v) is 11.8. The Morgan fingerprint density at radius 2 is 2.00 bits per heavy atom. The lowest BCUT2D eigenvalue weighted by molar-refractivity contribution is -0.173. The summed E-state index contributed by atoms with van der Waals surface area (Å²) in [5, 5.41) is 2.07. The van der Waals surface area contributed by atoms with Crippen LogP contribution in [0.4, 0.5) is 0 Å². The van der Waals surface area contributed by atoms with Gasteiger partial charge in [-0.25, -0.2) is 0 Å². The summed E-state index contributed by atoms with van der Waals surface area (Å²) in [5.41, 5.74) is 1.28. The van der Waals surface area contributed by atoms with E-state index in [2.05, 4.69) is 4.98 Å². The second-order valence-electron chi connectivity index (χ2n) is 4.95. The number of H-pyrrole nitrogens is 1. The molecule has 96 valence electrons. The molecular weight excluding hydrogens is 273 g/mol. The van der Waals surface area contributed by atoms with Gasteiger partial charge in [-0.15, -0.1) is 0 Å². The number of hydrogen-bond acceptors (Lipinski definition) is 2. The van der Waals surface area contributed by atoms with Crippen LogP contribution < -0.4 is 4.74 Å². The quantitative estimate of drug-likeness (QED) is 0.775. The standard InChI is InChI=1S/C13H13Cl2NO2/c1-6-17-11-8-4-7(14)5-9(15)10(8)16-12(11)13(2,3)18-6/h4-6,16H,1-3H3. The summed E-state index contributed by atoms with van der Waals surface area (Å²) >= 11 is 12.2. The Hall–Kier alpha value is -0.900. The topological polar surface area (TPSA) is 34.2 Å². The SMILES string of the molecule is CC1Oc2c([nH]c3c(Cl)cc(Cl)cc23)C(C)(C)O1. The summed E-state index contributed by atoms with van der Waals surface area (Å²) < 4.78 is 11.5. The average Bonchev–Trinajstić information content (AvgIpc) is 2.57. The van der Waals surface area contributed by atoms with E-state index in [0.717, 1.165) is 22.3 Å². The number of rotatable bonds is 0. The number of halogens is 2. The van der Waals surface area contributed by atoms with Gasteiger partial charge < -0.3 is 14.5 Å². The Labute approximate surface area is 115 Å². The van der Waals surface area contributed by atoms with Crippen LogP contribution in [0.25, 0.3) is 10.9 Å². The van der Waals surface area contributed by atoms with Crippen LogP contribution in [0.1, 0.15) is 26.5 Å². The Morgan fingerprint density at radius 3 is 2.72 bits per heavy atom. The lowest BCUT2D eigenvalue weighted by Crippen LogP contribution is -2.35. The smallest absolute Gasteiger partial charge is 0.198 e. The van der Waals surface area contributed by atoms with Crippen LogP contribution >= 0.6 is 23.2 Å². The predicted octanol–water partition coefficient (Wildman–Crippen LogP) is 4.46. The van der Waals surface area contributed by atoms with Gasteiger partial charge in [-0.05, 0) is 32.9 Å². The van der Waals surface area contributed by atoms with Crippen LogP contribution in [0, 0.1) is 0 Å².